The second kappa shape index (κ2) is 3.33. The van der Waals surface area contributed by atoms with Crippen molar-refractivity contribution in [1.29, 1.82) is 0 Å². The van der Waals surface area contributed by atoms with Crippen LogP contribution in [-0.2, 0) is 4.79 Å². The largest absolute Gasteiger partial charge is 0.309 e. The van der Waals surface area contributed by atoms with Crippen molar-refractivity contribution < 1.29 is 4.79 Å². The normalized spacial score (nSPS) is 9.43. The van der Waals surface area contributed by atoms with Crippen LogP contribution in [0.25, 0.3) is 0 Å². The van der Waals surface area contributed by atoms with Crippen LogP contribution in [0.3, 0.4) is 0 Å². The lowest BCUT2D eigenvalue weighted by molar-refractivity contribution is -0.113. The van der Waals surface area contributed by atoms with E-state index < -0.39 is 0 Å². The molecule has 3 heteroatoms. The molecule has 0 aliphatic heterocycles. The van der Waals surface area contributed by atoms with Gasteiger partial charge in [-0.05, 0) is 0 Å². The first-order chi connectivity index (χ1) is 3.31. The number of rotatable bonds is 2. The fourth-order valence-electron chi connectivity index (χ4n) is 0.209. The van der Waals surface area contributed by atoms with Gasteiger partial charge in [-0.25, -0.2) is 0 Å². The van der Waals surface area contributed by atoms with Gasteiger partial charge in [0.2, 0.25) is 6.41 Å². The summed E-state index contributed by atoms with van der Waals surface area (Å²) in [4.78, 5) is 14.6. The summed E-state index contributed by atoms with van der Waals surface area (Å²) in [5.74, 6) is 0. The number of carbonyl (C=O) groups is 1. The molecule has 0 aromatic carbocycles. The van der Waals surface area contributed by atoms with Crippen LogP contribution in [0.1, 0.15) is 0 Å². The smallest absolute Gasteiger partial charge is 0.214 e. The van der Waals surface area contributed by atoms with Gasteiger partial charge in [0, 0.05) is 14.1 Å². The lowest BCUT2D eigenvalue weighted by Gasteiger charge is -1.96. The zero-order chi connectivity index (χ0) is 5.70. The van der Waals surface area contributed by atoms with E-state index in [-0.39, 0.29) is 0 Å². The van der Waals surface area contributed by atoms with Crippen molar-refractivity contribution in [3.63, 3.8) is 0 Å². The van der Waals surface area contributed by atoms with Crippen molar-refractivity contribution >= 4 is 12.7 Å². The Bertz CT molecular complexity index is 79.8. The fraction of sp³-hybridized carbons (Fsp3) is 0.500. The minimum Gasteiger partial charge on any atom is -0.309 e. The van der Waals surface area contributed by atoms with Gasteiger partial charge in [0.25, 0.3) is 0 Å². The number of nitrogens with zero attached hydrogens (tertiary/aromatic N) is 2. The molecule has 0 radical (unpaired) electrons. The molecule has 0 unspecified atom stereocenters. The molecule has 0 saturated carbocycles. The van der Waals surface area contributed by atoms with Gasteiger partial charge in [-0.3, -0.25) is 9.79 Å². The Kier molecular flexibility index (Phi) is 2.92. The number of amides is 1. The summed E-state index contributed by atoms with van der Waals surface area (Å²) in [5.41, 5.74) is 0. The topological polar surface area (TPSA) is 32.7 Å². The molecule has 0 bridgehead atoms. The standard InChI is InChI=1S/C4H8N2O/c1-5-3-6(2)4-7/h3-4H,1-2H3. The highest BCUT2D eigenvalue weighted by Gasteiger charge is 1.77. The maximum Gasteiger partial charge on any atom is 0.214 e. The Morgan fingerprint density at radius 2 is 2.29 bits per heavy atom. The molecule has 0 rings (SSSR count). The molecule has 0 aromatic heterocycles. The van der Waals surface area contributed by atoms with E-state index >= 15 is 0 Å². The maximum absolute atomic E-state index is 9.73. The van der Waals surface area contributed by atoms with E-state index in [1.807, 2.05) is 0 Å². The average molecular weight is 100 g/mol. The predicted octanol–water partition coefficient (Wildman–Crippen LogP) is -0.267. The third-order valence-electron chi connectivity index (χ3n) is 0.464. The Morgan fingerprint density at radius 3 is 2.43 bits per heavy atom. The van der Waals surface area contributed by atoms with Crippen LogP contribution in [-0.4, -0.2) is 31.7 Å². The fourth-order valence-corrected chi connectivity index (χ4v) is 0.209. The summed E-state index contributed by atoms with van der Waals surface area (Å²) in [6, 6.07) is 0. The molecule has 0 spiro atoms. The summed E-state index contributed by atoms with van der Waals surface area (Å²) < 4.78 is 0. The van der Waals surface area contributed by atoms with Gasteiger partial charge in [0.05, 0.1) is 6.34 Å². The number of hydrogen-bond acceptors (Lipinski definition) is 2. The molecule has 0 aliphatic rings. The zero-order valence-corrected chi connectivity index (χ0v) is 4.46. The van der Waals surface area contributed by atoms with E-state index in [0.717, 1.165) is 0 Å². The molecule has 0 heterocycles. The summed E-state index contributed by atoms with van der Waals surface area (Å²) in [6.07, 6.45) is 2.12. The van der Waals surface area contributed by atoms with Gasteiger partial charge in [0.1, 0.15) is 0 Å². The molecule has 0 aromatic rings. The van der Waals surface area contributed by atoms with Crippen LogP contribution in [0.15, 0.2) is 4.99 Å². The summed E-state index contributed by atoms with van der Waals surface area (Å²) in [5, 5.41) is 0. The van der Waals surface area contributed by atoms with Gasteiger partial charge in [-0.1, -0.05) is 0 Å². The van der Waals surface area contributed by atoms with E-state index in [1.54, 1.807) is 14.1 Å². The zero-order valence-electron chi connectivity index (χ0n) is 4.46. The number of aliphatic imine (C=N–C) groups is 1. The van der Waals surface area contributed by atoms with E-state index in [2.05, 4.69) is 4.99 Å². The SMILES string of the molecule is CN=CN(C)C=O. The quantitative estimate of drug-likeness (QED) is 0.267. The Balaban J connectivity index is 3.35. The van der Waals surface area contributed by atoms with Crippen LogP contribution in [0, 0.1) is 0 Å². The number of carbonyl (C=O) groups excluding carboxylic acids is 1. The molecule has 0 atom stereocenters. The Morgan fingerprint density at radius 1 is 1.71 bits per heavy atom. The van der Waals surface area contributed by atoms with Gasteiger partial charge in [0.15, 0.2) is 0 Å². The van der Waals surface area contributed by atoms with Crippen LogP contribution in [0.4, 0.5) is 0 Å². The lowest BCUT2D eigenvalue weighted by atomic mass is 10.9. The third kappa shape index (κ3) is 2.96. The lowest BCUT2D eigenvalue weighted by Crippen LogP contribution is -2.11. The Labute approximate surface area is 42.7 Å². The average Bonchev–Trinajstić information content (AvgIpc) is 1.68. The predicted molar refractivity (Wildman–Crippen MR) is 28.2 cm³/mol. The first kappa shape index (κ1) is 6.14. The van der Waals surface area contributed by atoms with Crippen molar-refractivity contribution in [3.05, 3.63) is 0 Å². The molecule has 1 amide bonds. The highest BCUT2D eigenvalue weighted by atomic mass is 16.1. The van der Waals surface area contributed by atoms with E-state index in [9.17, 15) is 4.79 Å². The van der Waals surface area contributed by atoms with Gasteiger partial charge >= 0.3 is 0 Å². The molecular formula is C4H8N2O. The first-order valence-corrected chi connectivity index (χ1v) is 1.90. The summed E-state index contributed by atoms with van der Waals surface area (Å²) in [7, 11) is 3.24. The van der Waals surface area contributed by atoms with Crippen molar-refractivity contribution in [2.45, 2.75) is 0 Å². The van der Waals surface area contributed by atoms with E-state index in [4.69, 9.17) is 0 Å². The minimum absolute atomic E-state index is 0.688. The van der Waals surface area contributed by atoms with Crippen molar-refractivity contribution in [2.75, 3.05) is 14.1 Å². The van der Waals surface area contributed by atoms with Crippen LogP contribution in [0.5, 0.6) is 0 Å². The second-order valence-corrected chi connectivity index (χ2v) is 1.14. The molecule has 7 heavy (non-hydrogen) atoms. The molecular weight excluding hydrogens is 92.1 g/mol. The molecule has 0 fully saturated rings. The maximum atomic E-state index is 9.73. The van der Waals surface area contributed by atoms with Crippen molar-refractivity contribution in [1.82, 2.24) is 4.90 Å². The van der Waals surface area contributed by atoms with Gasteiger partial charge < -0.3 is 4.90 Å². The second-order valence-electron chi connectivity index (χ2n) is 1.14. The van der Waals surface area contributed by atoms with Crippen LogP contribution >= 0.6 is 0 Å². The van der Waals surface area contributed by atoms with Crippen LogP contribution in [0.2, 0.25) is 0 Å². The van der Waals surface area contributed by atoms with Crippen molar-refractivity contribution in [2.24, 2.45) is 4.99 Å². The third-order valence-corrected chi connectivity index (χ3v) is 0.464. The first-order valence-electron chi connectivity index (χ1n) is 1.90. The highest BCUT2D eigenvalue weighted by molar-refractivity contribution is 5.71. The molecule has 40 valence electrons. The van der Waals surface area contributed by atoms with Gasteiger partial charge in [-0.15, -0.1) is 0 Å². The van der Waals surface area contributed by atoms with E-state index in [0.29, 0.717) is 6.41 Å². The van der Waals surface area contributed by atoms with Gasteiger partial charge in [-0.2, -0.15) is 0 Å². The monoisotopic (exact) mass is 100 g/mol. The molecule has 0 saturated heterocycles. The van der Waals surface area contributed by atoms with Crippen molar-refractivity contribution in [3.8, 4) is 0 Å². The highest BCUT2D eigenvalue weighted by Crippen LogP contribution is 1.61. The molecule has 3 nitrogen and oxygen atoms in total. The molecule has 0 aliphatic carbocycles. The number of hydrogen-bond donors (Lipinski definition) is 0. The Hall–Kier alpha value is -0.860. The summed E-state index contributed by atoms with van der Waals surface area (Å²) >= 11 is 0. The van der Waals surface area contributed by atoms with E-state index in [1.165, 1.54) is 11.2 Å². The minimum atomic E-state index is 0.688. The molecule has 0 N–H and O–H groups in total. The van der Waals surface area contributed by atoms with Crippen LogP contribution < -0.4 is 0 Å². The summed E-state index contributed by atoms with van der Waals surface area (Å²) in [6.45, 7) is 0.